The van der Waals surface area contributed by atoms with Gasteiger partial charge in [-0.3, -0.25) is 4.79 Å². The third kappa shape index (κ3) is 7.10. The van der Waals surface area contributed by atoms with E-state index < -0.39 is 23.6 Å². The minimum absolute atomic E-state index is 0.317. The van der Waals surface area contributed by atoms with Crippen molar-refractivity contribution >= 4 is 12.1 Å². The molecule has 6 nitrogen and oxygen atoms in total. The van der Waals surface area contributed by atoms with Gasteiger partial charge in [0, 0.05) is 12.1 Å². The SMILES string of the molecule is CC(C(=O)O)c1ccccc1OCc1cccc(-c2cccc(CNC(=O)OC(C)(C)C)c2)c1. The van der Waals surface area contributed by atoms with E-state index in [1.54, 1.807) is 19.1 Å². The molecule has 0 aliphatic rings. The molecule has 178 valence electrons. The van der Waals surface area contributed by atoms with Gasteiger partial charge in [0.1, 0.15) is 18.0 Å². The Balaban J connectivity index is 1.69. The Labute approximate surface area is 200 Å². The van der Waals surface area contributed by atoms with Crippen LogP contribution in [0.1, 0.15) is 50.3 Å². The van der Waals surface area contributed by atoms with Gasteiger partial charge in [-0.25, -0.2) is 4.79 Å². The highest BCUT2D eigenvalue weighted by Gasteiger charge is 2.18. The number of hydrogen-bond acceptors (Lipinski definition) is 4. The summed E-state index contributed by atoms with van der Waals surface area (Å²) in [4.78, 5) is 23.4. The number of carbonyl (C=O) groups is 2. The Kier molecular flexibility index (Phi) is 7.95. The number of rotatable bonds is 8. The molecular weight excluding hydrogens is 430 g/mol. The van der Waals surface area contributed by atoms with E-state index >= 15 is 0 Å². The van der Waals surface area contributed by atoms with E-state index in [9.17, 15) is 14.7 Å². The number of para-hydroxylation sites is 1. The monoisotopic (exact) mass is 461 g/mol. The van der Waals surface area contributed by atoms with Gasteiger partial charge in [0.15, 0.2) is 0 Å². The lowest BCUT2D eigenvalue weighted by Crippen LogP contribution is -2.32. The fourth-order valence-electron chi connectivity index (χ4n) is 3.45. The number of amides is 1. The molecule has 0 aliphatic heterocycles. The second kappa shape index (κ2) is 10.9. The predicted molar refractivity (Wildman–Crippen MR) is 132 cm³/mol. The van der Waals surface area contributed by atoms with Crippen LogP contribution < -0.4 is 10.1 Å². The first-order chi connectivity index (χ1) is 16.1. The number of nitrogens with one attached hydrogen (secondary N) is 1. The molecule has 3 aromatic rings. The number of carbonyl (C=O) groups excluding carboxylic acids is 1. The van der Waals surface area contributed by atoms with Gasteiger partial charge in [0.05, 0.1) is 5.92 Å². The number of aliphatic carboxylic acids is 1. The van der Waals surface area contributed by atoms with Crippen molar-refractivity contribution in [3.63, 3.8) is 0 Å². The summed E-state index contributed by atoms with van der Waals surface area (Å²) in [6.45, 7) is 7.82. The first kappa shape index (κ1) is 24.8. The van der Waals surface area contributed by atoms with E-state index in [0.29, 0.717) is 24.5 Å². The largest absolute Gasteiger partial charge is 0.489 e. The third-order valence-corrected chi connectivity index (χ3v) is 5.17. The number of benzene rings is 3. The van der Waals surface area contributed by atoms with Crippen LogP contribution in [-0.4, -0.2) is 22.8 Å². The van der Waals surface area contributed by atoms with Crippen LogP contribution in [0.5, 0.6) is 5.75 Å². The van der Waals surface area contributed by atoms with Gasteiger partial charge in [0.2, 0.25) is 0 Å². The molecule has 1 atom stereocenters. The first-order valence-corrected chi connectivity index (χ1v) is 11.2. The van der Waals surface area contributed by atoms with Crippen molar-refractivity contribution in [2.45, 2.75) is 52.4 Å². The van der Waals surface area contributed by atoms with E-state index in [4.69, 9.17) is 9.47 Å². The average Bonchev–Trinajstić information content (AvgIpc) is 2.80. The number of ether oxygens (including phenoxy) is 2. The molecule has 3 rings (SSSR count). The lowest BCUT2D eigenvalue weighted by molar-refractivity contribution is -0.138. The zero-order valence-electron chi connectivity index (χ0n) is 20.0. The van der Waals surface area contributed by atoms with Crippen molar-refractivity contribution in [2.75, 3.05) is 0 Å². The van der Waals surface area contributed by atoms with Crippen LogP contribution in [0, 0.1) is 0 Å². The molecule has 3 aromatic carbocycles. The summed E-state index contributed by atoms with van der Waals surface area (Å²) in [7, 11) is 0. The maximum Gasteiger partial charge on any atom is 0.407 e. The maximum absolute atomic E-state index is 11.9. The van der Waals surface area contributed by atoms with Crippen molar-refractivity contribution < 1.29 is 24.2 Å². The van der Waals surface area contributed by atoms with Crippen molar-refractivity contribution in [3.8, 4) is 16.9 Å². The number of hydrogen-bond donors (Lipinski definition) is 2. The van der Waals surface area contributed by atoms with Crippen molar-refractivity contribution in [2.24, 2.45) is 0 Å². The average molecular weight is 462 g/mol. The van der Waals surface area contributed by atoms with Gasteiger partial charge in [0.25, 0.3) is 0 Å². The summed E-state index contributed by atoms with van der Waals surface area (Å²) in [5.41, 5.74) is 4.07. The summed E-state index contributed by atoms with van der Waals surface area (Å²) in [5.74, 6) is -0.975. The highest BCUT2D eigenvalue weighted by molar-refractivity contribution is 5.76. The Bertz CT molecular complexity index is 1150. The lowest BCUT2D eigenvalue weighted by Gasteiger charge is -2.19. The van der Waals surface area contributed by atoms with Gasteiger partial charge < -0.3 is 19.9 Å². The summed E-state index contributed by atoms with van der Waals surface area (Å²) in [5, 5.41) is 12.1. The van der Waals surface area contributed by atoms with Crippen molar-refractivity contribution in [3.05, 3.63) is 89.5 Å². The normalized spacial score (nSPS) is 12.0. The zero-order valence-corrected chi connectivity index (χ0v) is 20.0. The van der Waals surface area contributed by atoms with Crippen molar-refractivity contribution in [1.82, 2.24) is 5.32 Å². The molecule has 0 fully saturated rings. The van der Waals surface area contributed by atoms with Crippen LogP contribution in [-0.2, 0) is 22.7 Å². The molecule has 0 aliphatic carbocycles. The van der Waals surface area contributed by atoms with Gasteiger partial charge in [-0.1, -0.05) is 54.6 Å². The van der Waals surface area contributed by atoms with Gasteiger partial charge >= 0.3 is 12.1 Å². The Hall–Kier alpha value is -3.80. The summed E-state index contributed by atoms with van der Waals surface area (Å²) in [6, 6.07) is 23.2. The fourth-order valence-corrected chi connectivity index (χ4v) is 3.45. The Morgan fingerprint density at radius 2 is 1.53 bits per heavy atom. The van der Waals surface area contributed by atoms with Crippen LogP contribution in [0.4, 0.5) is 4.79 Å². The number of carboxylic acids is 1. The van der Waals surface area contributed by atoms with E-state index in [1.165, 1.54) is 0 Å². The fraction of sp³-hybridized carbons (Fsp3) is 0.286. The number of carboxylic acid groups (broad SMARTS) is 1. The molecule has 1 amide bonds. The molecule has 1 unspecified atom stereocenters. The standard InChI is InChI=1S/C28H31NO5/c1-19(26(30)31)24-13-5-6-14-25(24)33-18-21-10-8-12-23(16-21)22-11-7-9-20(15-22)17-29-27(32)34-28(2,3)4/h5-16,19H,17-18H2,1-4H3,(H,29,32)(H,30,31). The molecule has 0 radical (unpaired) electrons. The molecule has 6 heteroatoms. The Morgan fingerprint density at radius 3 is 2.18 bits per heavy atom. The third-order valence-electron chi connectivity index (χ3n) is 5.17. The molecule has 0 saturated carbocycles. The van der Waals surface area contributed by atoms with Gasteiger partial charge in [-0.15, -0.1) is 0 Å². The topological polar surface area (TPSA) is 84.9 Å². The van der Waals surface area contributed by atoms with Crippen molar-refractivity contribution in [1.29, 1.82) is 0 Å². The van der Waals surface area contributed by atoms with Crippen LogP contribution >= 0.6 is 0 Å². The molecule has 2 N–H and O–H groups in total. The molecule has 0 saturated heterocycles. The predicted octanol–water partition coefficient (Wildman–Crippen LogP) is 6.15. The minimum atomic E-state index is -0.890. The Morgan fingerprint density at radius 1 is 0.912 bits per heavy atom. The van der Waals surface area contributed by atoms with Gasteiger partial charge in [-0.05, 0) is 68.1 Å². The van der Waals surface area contributed by atoms with Crippen LogP contribution in [0.25, 0.3) is 11.1 Å². The lowest BCUT2D eigenvalue weighted by atomic mass is 10.00. The summed E-state index contributed by atoms with van der Waals surface area (Å²) >= 11 is 0. The second-order valence-electron chi connectivity index (χ2n) is 9.14. The molecular formula is C28H31NO5. The highest BCUT2D eigenvalue weighted by Crippen LogP contribution is 2.28. The summed E-state index contributed by atoms with van der Waals surface area (Å²) < 4.78 is 11.3. The number of alkyl carbamates (subject to hydrolysis) is 1. The van der Waals surface area contributed by atoms with Crippen LogP contribution in [0.2, 0.25) is 0 Å². The molecule has 0 heterocycles. The van der Waals surface area contributed by atoms with Gasteiger partial charge in [-0.2, -0.15) is 0 Å². The summed E-state index contributed by atoms with van der Waals surface area (Å²) in [6.07, 6.45) is -0.449. The highest BCUT2D eigenvalue weighted by atomic mass is 16.6. The van der Waals surface area contributed by atoms with Crippen LogP contribution in [0.15, 0.2) is 72.8 Å². The minimum Gasteiger partial charge on any atom is -0.489 e. The second-order valence-corrected chi connectivity index (χ2v) is 9.14. The quantitative estimate of drug-likeness (QED) is 0.421. The first-order valence-electron chi connectivity index (χ1n) is 11.2. The van der Waals surface area contributed by atoms with E-state index in [-0.39, 0.29) is 0 Å². The smallest absolute Gasteiger partial charge is 0.407 e. The maximum atomic E-state index is 11.9. The zero-order chi connectivity index (χ0) is 24.7. The van der Waals surface area contributed by atoms with Crippen LogP contribution in [0.3, 0.4) is 0 Å². The van der Waals surface area contributed by atoms with E-state index in [0.717, 1.165) is 22.3 Å². The molecule has 0 aromatic heterocycles. The molecule has 34 heavy (non-hydrogen) atoms. The van der Waals surface area contributed by atoms with E-state index in [1.807, 2.05) is 81.4 Å². The van der Waals surface area contributed by atoms with E-state index in [2.05, 4.69) is 5.32 Å². The molecule has 0 spiro atoms. The molecule has 0 bridgehead atoms.